The molecule has 2 fully saturated rings. The highest BCUT2D eigenvalue weighted by Crippen LogP contribution is 2.29. The van der Waals surface area contributed by atoms with Crippen molar-refractivity contribution in [2.75, 3.05) is 33.4 Å². The van der Waals surface area contributed by atoms with E-state index < -0.39 is 68.1 Å². The molecule has 2 aliphatic rings. The Labute approximate surface area is 210 Å². The molecule has 2 saturated carbocycles. The Bertz CT molecular complexity index is 662. The summed E-state index contributed by atoms with van der Waals surface area (Å²) >= 11 is 0. The van der Waals surface area contributed by atoms with Crippen molar-refractivity contribution in [2.24, 2.45) is 17.6 Å². The first-order valence-corrected chi connectivity index (χ1v) is 12.4. The van der Waals surface area contributed by atoms with Crippen molar-refractivity contribution in [2.45, 2.75) is 86.7 Å². The molecule has 0 aromatic heterocycles. The molecule has 13 N–H and O–H groups in total. The van der Waals surface area contributed by atoms with Crippen molar-refractivity contribution >= 4 is 5.91 Å². The third-order valence-corrected chi connectivity index (χ3v) is 7.20. The van der Waals surface area contributed by atoms with Gasteiger partial charge >= 0.3 is 0 Å². The van der Waals surface area contributed by atoms with E-state index in [1.807, 2.05) is 0 Å². The van der Waals surface area contributed by atoms with Crippen LogP contribution in [0.25, 0.3) is 0 Å². The van der Waals surface area contributed by atoms with E-state index in [1.165, 1.54) is 0 Å². The first-order chi connectivity index (χ1) is 17.0. The molecule has 2 aliphatic carbocycles. The molecule has 1 amide bonds. The molecule has 14 nitrogen and oxygen atoms in total. The summed E-state index contributed by atoms with van der Waals surface area (Å²) in [5, 5.41) is 88.7. The van der Waals surface area contributed by atoms with E-state index in [1.54, 1.807) is 7.05 Å². The van der Waals surface area contributed by atoms with Gasteiger partial charge in [0.05, 0.1) is 24.7 Å². The summed E-state index contributed by atoms with van der Waals surface area (Å²) in [6.07, 6.45) is -10.7. The van der Waals surface area contributed by atoms with Crippen LogP contribution in [0.1, 0.15) is 25.7 Å². The largest absolute Gasteiger partial charge is 0.396 e. The zero-order valence-electron chi connectivity index (χ0n) is 20.6. The van der Waals surface area contributed by atoms with Gasteiger partial charge in [-0.2, -0.15) is 0 Å². The summed E-state index contributed by atoms with van der Waals surface area (Å²) in [6.45, 7) is -0.822. The van der Waals surface area contributed by atoms with Crippen molar-refractivity contribution in [3.63, 3.8) is 0 Å². The van der Waals surface area contributed by atoms with Crippen LogP contribution in [0.4, 0.5) is 0 Å². The molecule has 0 radical (unpaired) electrons. The maximum absolute atomic E-state index is 12.4. The number of nitrogens with two attached hydrogens (primary N) is 1. The minimum absolute atomic E-state index is 0.0182. The van der Waals surface area contributed by atoms with Gasteiger partial charge in [0.2, 0.25) is 5.91 Å². The molecule has 0 aromatic carbocycles. The van der Waals surface area contributed by atoms with Crippen LogP contribution in [0.3, 0.4) is 0 Å². The fourth-order valence-corrected chi connectivity index (χ4v) is 4.97. The Morgan fingerprint density at radius 3 is 2.33 bits per heavy atom. The number of rotatable bonds is 14. The van der Waals surface area contributed by atoms with Gasteiger partial charge in [-0.25, -0.2) is 0 Å². The van der Waals surface area contributed by atoms with Gasteiger partial charge in [0.15, 0.2) is 0 Å². The first kappa shape index (κ1) is 31.2. The molecule has 12 atom stereocenters. The molecule has 0 aliphatic heterocycles. The summed E-state index contributed by atoms with van der Waals surface area (Å²) in [4.78, 5) is 12.4. The molecule has 14 heteroatoms. The number of aliphatic hydroxyl groups excluding tert-OH is 8. The third-order valence-electron chi connectivity index (χ3n) is 7.20. The second-order valence-corrected chi connectivity index (χ2v) is 9.81. The van der Waals surface area contributed by atoms with Gasteiger partial charge in [0.1, 0.15) is 36.7 Å². The lowest BCUT2D eigenvalue weighted by atomic mass is 9.81. The summed E-state index contributed by atoms with van der Waals surface area (Å²) in [5.74, 6) is -1.15. The Hall–Kier alpha value is -1.01. The van der Waals surface area contributed by atoms with Crippen LogP contribution < -0.4 is 21.7 Å². The lowest BCUT2D eigenvalue weighted by molar-refractivity contribution is -0.226. The molecular weight excluding hydrogens is 480 g/mol. The lowest BCUT2D eigenvalue weighted by Gasteiger charge is -2.42. The van der Waals surface area contributed by atoms with Gasteiger partial charge in [0, 0.05) is 31.2 Å². The van der Waals surface area contributed by atoms with E-state index in [0.717, 1.165) is 6.42 Å². The van der Waals surface area contributed by atoms with Crippen molar-refractivity contribution in [1.82, 2.24) is 16.0 Å². The number of ether oxygens (including phenoxy) is 1. The maximum atomic E-state index is 12.4. The van der Waals surface area contributed by atoms with Crippen molar-refractivity contribution in [3.8, 4) is 0 Å². The highest BCUT2D eigenvalue weighted by Gasteiger charge is 2.45. The molecular formula is C22H44N4O10. The molecule has 36 heavy (non-hydrogen) atoms. The smallest absolute Gasteiger partial charge is 0.224 e. The van der Waals surface area contributed by atoms with Crippen LogP contribution in [0.2, 0.25) is 0 Å². The monoisotopic (exact) mass is 524 g/mol. The Balaban J connectivity index is 1.83. The Kier molecular flexibility index (Phi) is 12.8. The van der Waals surface area contributed by atoms with Crippen molar-refractivity contribution in [3.05, 3.63) is 0 Å². The summed E-state index contributed by atoms with van der Waals surface area (Å²) in [5.41, 5.74) is 5.94. The predicted octanol–water partition coefficient (Wildman–Crippen LogP) is -5.71. The number of amides is 1. The Morgan fingerprint density at radius 2 is 1.72 bits per heavy atom. The molecule has 2 rings (SSSR count). The van der Waals surface area contributed by atoms with Gasteiger partial charge in [-0.3, -0.25) is 10.1 Å². The van der Waals surface area contributed by atoms with Gasteiger partial charge in [-0.15, -0.1) is 0 Å². The highest BCUT2D eigenvalue weighted by molar-refractivity contribution is 5.79. The van der Waals surface area contributed by atoms with Crippen LogP contribution in [-0.2, 0) is 9.53 Å². The molecule has 212 valence electrons. The van der Waals surface area contributed by atoms with Crippen LogP contribution in [0.5, 0.6) is 0 Å². The fraction of sp³-hybridized carbons (Fsp3) is 0.955. The zero-order valence-corrected chi connectivity index (χ0v) is 20.6. The SMILES string of the molecule is CNC1CC(N)CC1C(=O)NCCCNC(O)C(O)C(OC1CC(CO)C(O)C(O)C1O)C(O)CO. The fourth-order valence-electron chi connectivity index (χ4n) is 4.97. The van der Waals surface area contributed by atoms with E-state index in [0.29, 0.717) is 19.4 Å². The van der Waals surface area contributed by atoms with Crippen LogP contribution in [0.15, 0.2) is 0 Å². The van der Waals surface area contributed by atoms with Crippen molar-refractivity contribution < 1.29 is 50.4 Å². The summed E-state index contributed by atoms with van der Waals surface area (Å²) in [7, 11) is 1.79. The zero-order chi connectivity index (χ0) is 27.0. The van der Waals surface area contributed by atoms with E-state index in [4.69, 9.17) is 10.5 Å². The van der Waals surface area contributed by atoms with E-state index in [2.05, 4.69) is 16.0 Å². The molecule has 0 bridgehead atoms. The maximum Gasteiger partial charge on any atom is 0.224 e. The van der Waals surface area contributed by atoms with Gasteiger partial charge in [-0.05, 0) is 39.3 Å². The van der Waals surface area contributed by atoms with E-state index in [9.17, 15) is 45.6 Å². The topological polar surface area (TPSA) is 250 Å². The number of hydrogen-bond donors (Lipinski definition) is 12. The number of nitrogens with one attached hydrogen (secondary N) is 3. The number of carbonyl (C=O) groups is 1. The lowest BCUT2D eigenvalue weighted by Crippen LogP contribution is -2.59. The number of hydrogen-bond acceptors (Lipinski definition) is 13. The standard InChI is InChI=1S/C22H44N4O10/c1-24-13-7-11(23)6-12(13)21(34)25-3-2-4-26-22(35)19(33)20(14(29)9-28)36-15-5-10(8-27)16(30)18(32)17(15)31/h10-20,22,24,26-33,35H,2-9,23H2,1H3,(H,25,34). The van der Waals surface area contributed by atoms with Gasteiger partial charge in [-0.1, -0.05) is 0 Å². The molecule has 0 heterocycles. The van der Waals surface area contributed by atoms with Crippen LogP contribution in [-0.4, -0.2) is 141 Å². The Morgan fingerprint density at radius 1 is 1.03 bits per heavy atom. The number of aliphatic hydroxyl groups is 8. The second-order valence-electron chi connectivity index (χ2n) is 9.81. The highest BCUT2D eigenvalue weighted by atomic mass is 16.5. The van der Waals surface area contributed by atoms with Gasteiger partial charge in [0.25, 0.3) is 0 Å². The first-order valence-electron chi connectivity index (χ1n) is 12.4. The molecule has 12 unspecified atom stereocenters. The van der Waals surface area contributed by atoms with Crippen LogP contribution >= 0.6 is 0 Å². The molecule has 0 aromatic rings. The van der Waals surface area contributed by atoms with E-state index in [-0.39, 0.29) is 36.9 Å². The van der Waals surface area contributed by atoms with Gasteiger partial charge < -0.3 is 62.0 Å². The normalized spacial score (nSPS) is 36.3. The molecule has 0 spiro atoms. The molecule has 0 saturated heterocycles. The average molecular weight is 525 g/mol. The summed E-state index contributed by atoms with van der Waals surface area (Å²) in [6, 6.07) is -0.0109. The third kappa shape index (κ3) is 7.99. The second kappa shape index (κ2) is 14.8. The summed E-state index contributed by atoms with van der Waals surface area (Å²) < 4.78 is 5.57. The minimum atomic E-state index is -1.75. The average Bonchev–Trinajstić information content (AvgIpc) is 3.26. The van der Waals surface area contributed by atoms with Crippen molar-refractivity contribution in [1.29, 1.82) is 0 Å². The van der Waals surface area contributed by atoms with Crippen LogP contribution in [0, 0.1) is 11.8 Å². The predicted molar refractivity (Wildman–Crippen MR) is 126 cm³/mol. The number of carbonyl (C=O) groups excluding carboxylic acids is 1. The quantitative estimate of drug-likeness (QED) is 0.0748. The minimum Gasteiger partial charge on any atom is -0.396 e. The van der Waals surface area contributed by atoms with E-state index >= 15 is 0 Å².